The predicted octanol–water partition coefficient (Wildman–Crippen LogP) is 1.70. The van der Waals surface area contributed by atoms with Crippen LogP contribution in [0.5, 0.6) is 0 Å². The second-order valence-electron chi connectivity index (χ2n) is 4.87. The summed E-state index contributed by atoms with van der Waals surface area (Å²) in [7, 11) is 0. The van der Waals surface area contributed by atoms with Crippen LogP contribution in [0.1, 0.15) is 25.0 Å². The van der Waals surface area contributed by atoms with Gasteiger partial charge in [0.15, 0.2) is 5.58 Å². The number of carbonyl (C=O) groups excluding carboxylic acids is 1. The van der Waals surface area contributed by atoms with E-state index in [4.69, 9.17) is 24.4 Å². The van der Waals surface area contributed by atoms with Crippen LogP contribution in [-0.2, 0) is 14.2 Å². The molecule has 1 aromatic carbocycles. The number of nitrogens with two attached hydrogens (primary N) is 1. The zero-order chi connectivity index (χ0) is 16.7. The molecule has 1 heterocycles. The van der Waals surface area contributed by atoms with Gasteiger partial charge in [0.1, 0.15) is 12.7 Å². The van der Waals surface area contributed by atoms with Gasteiger partial charge in [-0.3, -0.25) is 4.98 Å². The van der Waals surface area contributed by atoms with Gasteiger partial charge >= 0.3 is 11.8 Å². The number of rotatable bonds is 9. The molecule has 8 heteroatoms. The molecule has 1 atom stereocenters. The molecule has 0 saturated heterocycles. The van der Waals surface area contributed by atoms with Gasteiger partial charge in [-0.25, -0.2) is 9.59 Å². The molecule has 1 unspecified atom stereocenters. The Bertz CT molecular complexity index is 693. The predicted molar refractivity (Wildman–Crippen MR) is 82.2 cm³/mol. The van der Waals surface area contributed by atoms with Gasteiger partial charge in [-0.15, -0.1) is 0 Å². The molecule has 8 nitrogen and oxygen atoms in total. The van der Waals surface area contributed by atoms with Crippen LogP contribution in [0.25, 0.3) is 11.1 Å². The lowest BCUT2D eigenvalue weighted by Gasteiger charge is -2.18. The molecule has 126 valence electrons. The second-order valence-corrected chi connectivity index (χ2v) is 4.87. The number of ether oxygens (including phenoxy) is 3. The Morgan fingerprint density at radius 2 is 2.17 bits per heavy atom. The van der Waals surface area contributed by atoms with E-state index in [0.29, 0.717) is 36.5 Å². The number of hydrogen-bond donors (Lipinski definition) is 2. The molecule has 0 fully saturated rings. The highest BCUT2D eigenvalue weighted by Crippen LogP contribution is 2.22. The van der Waals surface area contributed by atoms with Crippen LogP contribution >= 0.6 is 0 Å². The highest BCUT2D eigenvalue weighted by molar-refractivity contribution is 5.72. The number of aromatic nitrogens is 1. The van der Waals surface area contributed by atoms with Crippen LogP contribution in [0.2, 0.25) is 0 Å². The summed E-state index contributed by atoms with van der Waals surface area (Å²) in [6.45, 7) is 3.41. The van der Waals surface area contributed by atoms with Crippen LogP contribution in [0, 0.1) is 0 Å². The Balaban J connectivity index is 2.06. The third kappa shape index (κ3) is 5.11. The molecule has 0 radical (unpaired) electrons. The average Bonchev–Trinajstić information content (AvgIpc) is 2.89. The number of aromatic amines is 1. The van der Waals surface area contributed by atoms with Crippen molar-refractivity contribution in [1.82, 2.24) is 4.98 Å². The molecule has 1 amide bonds. The number of benzene rings is 1. The summed E-state index contributed by atoms with van der Waals surface area (Å²) < 4.78 is 20.9. The fourth-order valence-corrected chi connectivity index (χ4v) is 2.06. The van der Waals surface area contributed by atoms with E-state index in [-0.39, 0.29) is 6.61 Å². The normalized spacial score (nSPS) is 12.4. The third-order valence-corrected chi connectivity index (χ3v) is 3.09. The zero-order valence-corrected chi connectivity index (χ0v) is 12.9. The molecule has 0 aliphatic carbocycles. The monoisotopic (exact) mass is 324 g/mol. The summed E-state index contributed by atoms with van der Waals surface area (Å²) in [6, 6.07) is 5.12. The summed E-state index contributed by atoms with van der Waals surface area (Å²) in [5.74, 6) is -0.532. The number of primary amides is 1. The van der Waals surface area contributed by atoms with Crippen molar-refractivity contribution in [2.75, 3.05) is 26.4 Å². The zero-order valence-electron chi connectivity index (χ0n) is 12.9. The Hall–Kier alpha value is -2.32. The molecule has 2 rings (SSSR count). The van der Waals surface area contributed by atoms with Crippen LogP contribution in [-0.4, -0.2) is 37.5 Å². The Morgan fingerprint density at radius 3 is 2.91 bits per heavy atom. The van der Waals surface area contributed by atoms with Gasteiger partial charge in [0.05, 0.1) is 18.7 Å². The summed E-state index contributed by atoms with van der Waals surface area (Å²) in [5.41, 5.74) is 6.69. The minimum absolute atomic E-state index is 0.0384. The summed E-state index contributed by atoms with van der Waals surface area (Å²) in [5, 5.41) is 0. The molecular formula is C15H20N2O6. The number of carbonyl (C=O) groups is 1. The van der Waals surface area contributed by atoms with E-state index < -0.39 is 18.0 Å². The first-order valence-corrected chi connectivity index (χ1v) is 7.34. The quantitative estimate of drug-likeness (QED) is 0.678. The van der Waals surface area contributed by atoms with E-state index in [2.05, 4.69) is 4.98 Å². The molecule has 1 aromatic heterocycles. The van der Waals surface area contributed by atoms with E-state index in [0.717, 1.165) is 6.42 Å². The number of fused-ring (bicyclic) bond motifs is 1. The molecule has 0 aliphatic rings. The summed E-state index contributed by atoms with van der Waals surface area (Å²) in [6.07, 6.45) is -0.482. The van der Waals surface area contributed by atoms with Gasteiger partial charge in [-0.1, -0.05) is 13.0 Å². The number of hydrogen-bond acceptors (Lipinski definition) is 6. The molecule has 3 N–H and O–H groups in total. The lowest BCUT2D eigenvalue weighted by Crippen LogP contribution is -2.20. The average molecular weight is 324 g/mol. The van der Waals surface area contributed by atoms with Crippen molar-refractivity contribution in [2.24, 2.45) is 5.73 Å². The highest BCUT2D eigenvalue weighted by Gasteiger charge is 2.16. The van der Waals surface area contributed by atoms with E-state index in [9.17, 15) is 9.59 Å². The topological polar surface area (TPSA) is 117 Å². The van der Waals surface area contributed by atoms with Crippen molar-refractivity contribution >= 4 is 17.2 Å². The summed E-state index contributed by atoms with van der Waals surface area (Å²) >= 11 is 0. The van der Waals surface area contributed by atoms with Gasteiger partial charge in [0.25, 0.3) is 0 Å². The highest BCUT2D eigenvalue weighted by atomic mass is 16.6. The van der Waals surface area contributed by atoms with Crippen molar-refractivity contribution in [2.45, 2.75) is 19.4 Å². The van der Waals surface area contributed by atoms with E-state index >= 15 is 0 Å². The number of nitrogens with one attached hydrogen (secondary N) is 1. The lowest BCUT2D eigenvalue weighted by molar-refractivity contribution is -0.0231. The molecule has 2 aromatic rings. The van der Waals surface area contributed by atoms with Crippen molar-refractivity contribution in [1.29, 1.82) is 0 Å². The van der Waals surface area contributed by atoms with Gasteiger partial charge < -0.3 is 24.4 Å². The van der Waals surface area contributed by atoms with Crippen LogP contribution in [0.3, 0.4) is 0 Å². The molecule has 0 bridgehead atoms. The fourth-order valence-electron chi connectivity index (χ4n) is 2.06. The molecule has 0 aliphatic heterocycles. The van der Waals surface area contributed by atoms with Crippen LogP contribution in [0.15, 0.2) is 27.4 Å². The standard InChI is InChI=1S/C15H20N2O6/c1-2-5-20-6-7-21-13(9-22-14(16)18)10-3-4-11-12(8-10)23-15(19)17-11/h3-4,8,13H,2,5-7,9H2,1H3,(H2,16,18)(H,17,19). The van der Waals surface area contributed by atoms with Crippen molar-refractivity contribution in [3.05, 3.63) is 34.3 Å². The SMILES string of the molecule is CCCOCCOC(COC(N)=O)c1ccc2[nH]c(=O)oc2c1. The first kappa shape index (κ1) is 17.0. The first-order valence-electron chi connectivity index (χ1n) is 7.34. The largest absolute Gasteiger partial charge is 0.447 e. The minimum Gasteiger partial charge on any atom is -0.447 e. The van der Waals surface area contributed by atoms with E-state index in [1.165, 1.54) is 0 Å². The molecule has 0 spiro atoms. The Kier molecular flexibility index (Phi) is 6.19. The van der Waals surface area contributed by atoms with Gasteiger partial charge in [0.2, 0.25) is 0 Å². The van der Waals surface area contributed by atoms with Crippen molar-refractivity contribution in [3.8, 4) is 0 Å². The number of H-pyrrole nitrogens is 1. The molecular weight excluding hydrogens is 304 g/mol. The van der Waals surface area contributed by atoms with Gasteiger partial charge in [-0.2, -0.15) is 0 Å². The lowest BCUT2D eigenvalue weighted by atomic mass is 10.1. The number of oxazole rings is 1. The summed E-state index contributed by atoms with van der Waals surface area (Å²) in [4.78, 5) is 24.6. The molecule has 23 heavy (non-hydrogen) atoms. The van der Waals surface area contributed by atoms with E-state index in [1.807, 2.05) is 6.92 Å². The van der Waals surface area contributed by atoms with Crippen molar-refractivity contribution in [3.63, 3.8) is 0 Å². The van der Waals surface area contributed by atoms with Crippen LogP contribution in [0.4, 0.5) is 4.79 Å². The number of amides is 1. The maximum atomic E-state index is 11.2. The molecule has 0 saturated carbocycles. The maximum Gasteiger partial charge on any atom is 0.417 e. The van der Waals surface area contributed by atoms with Gasteiger partial charge in [-0.05, 0) is 24.1 Å². The Labute approximate surface area is 132 Å². The fraction of sp³-hybridized carbons (Fsp3) is 0.467. The van der Waals surface area contributed by atoms with Crippen molar-refractivity contribution < 1.29 is 23.4 Å². The Morgan fingerprint density at radius 1 is 1.35 bits per heavy atom. The first-order chi connectivity index (χ1) is 11.1. The third-order valence-electron chi connectivity index (χ3n) is 3.09. The van der Waals surface area contributed by atoms with Gasteiger partial charge in [0, 0.05) is 6.61 Å². The smallest absolute Gasteiger partial charge is 0.417 e. The van der Waals surface area contributed by atoms with E-state index in [1.54, 1.807) is 18.2 Å². The maximum absolute atomic E-state index is 11.2. The second kappa shape index (κ2) is 8.35. The van der Waals surface area contributed by atoms with Crippen LogP contribution < -0.4 is 11.5 Å². The minimum atomic E-state index is -0.880.